The molecule has 5 nitrogen and oxygen atoms in total. The van der Waals surface area contributed by atoms with Crippen LogP contribution < -0.4 is 10.1 Å². The first kappa shape index (κ1) is 21.8. The summed E-state index contributed by atoms with van der Waals surface area (Å²) in [7, 11) is 0. The lowest BCUT2D eigenvalue weighted by Gasteiger charge is -2.28. The normalized spacial score (nSPS) is 11.6. The largest absolute Gasteiger partial charge is 0.483 e. The van der Waals surface area contributed by atoms with Crippen LogP contribution in [-0.2, 0) is 16.1 Å². The standard InChI is InChI=1S/C22H27ClN2O3/c1-5-24-22(27)17(4)25(13-18-8-10-19(23)11-9-18)21(26)14-28-20-12-15(2)6-7-16(20)3/h6-12,17H,5,13-14H2,1-4H3,(H,24,27)/t17-/m0/s1. The van der Waals surface area contributed by atoms with Crippen LogP contribution in [0.25, 0.3) is 0 Å². The van der Waals surface area contributed by atoms with Gasteiger partial charge in [0.2, 0.25) is 5.91 Å². The summed E-state index contributed by atoms with van der Waals surface area (Å²) in [5.41, 5.74) is 2.90. The molecule has 0 bridgehead atoms. The Hall–Kier alpha value is -2.53. The molecule has 6 heteroatoms. The summed E-state index contributed by atoms with van der Waals surface area (Å²) in [6, 6.07) is 12.5. The van der Waals surface area contributed by atoms with Gasteiger partial charge >= 0.3 is 0 Å². The molecule has 0 heterocycles. The Balaban J connectivity index is 2.16. The van der Waals surface area contributed by atoms with Crippen molar-refractivity contribution in [3.63, 3.8) is 0 Å². The van der Waals surface area contributed by atoms with Crippen molar-refractivity contribution in [2.45, 2.75) is 40.3 Å². The highest BCUT2D eigenvalue weighted by molar-refractivity contribution is 6.30. The quantitative estimate of drug-likeness (QED) is 0.728. The molecule has 0 fully saturated rings. The maximum absolute atomic E-state index is 12.9. The summed E-state index contributed by atoms with van der Waals surface area (Å²) in [4.78, 5) is 26.8. The van der Waals surface area contributed by atoms with Crippen molar-refractivity contribution in [3.8, 4) is 5.75 Å². The molecule has 2 aromatic carbocycles. The molecule has 2 aromatic rings. The molecule has 0 aliphatic carbocycles. The Morgan fingerprint density at radius 1 is 1.14 bits per heavy atom. The minimum absolute atomic E-state index is 0.137. The van der Waals surface area contributed by atoms with Crippen LogP contribution in [-0.4, -0.2) is 35.9 Å². The van der Waals surface area contributed by atoms with Gasteiger partial charge < -0.3 is 15.0 Å². The highest BCUT2D eigenvalue weighted by Crippen LogP contribution is 2.20. The predicted octanol–water partition coefficient (Wildman–Crippen LogP) is 3.89. The number of benzene rings is 2. The van der Waals surface area contributed by atoms with E-state index in [-0.39, 0.29) is 18.4 Å². The van der Waals surface area contributed by atoms with Crippen molar-refractivity contribution in [1.29, 1.82) is 0 Å². The third kappa shape index (κ3) is 5.99. The van der Waals surface area contributed by atoms with Gasteiger partial charge in [-0.15, -0.1) is 0 Å². The zero-order valence-electron chi connectivity index (χ0n) is 16.8. The second kappa shape index (κ2) is 10.1. The van der Waals surface area contributed by atoms with Gasteiger partial charge in [-0.3, -0.25) is 9.59 Å². The number of aryl methyl sites for hydroxylation is 2. The van der Waals surface area contributed by atoms with Crippen molar-refractivity contribution < 1.29 is 14.3 Å². The molecule has 0 spiro atoms. The van der Waals surface area contributed by atoms with E-state index in [1.807, 2.05) is 51.1 Å². The number of nitrogens with one attached hydrogen (secondary N) is 1. The third-order valence-electron chi connectivity index (χ3n) is 4.48. The summed E-state index contributed by atoms with van der Waals surface area (Å²) in [6.45, 7) is 8.13. The molecular weight excluding hydrogens is 376 g/mol. The average molecular weight is 403 g/mol. The molecule has 0 saturated carbocycles. The molecular formula is C22H27ClN2O3. The van der Waals surface area contributed by atoms with E-state index in [4.69, 9.17) is 16.3 Å². The maximum atomic E-state index is 12.9. The maximum Gasteiger partial charge on any atom is 0.261 e. The Bertz CT molecular complexity index is 821. The van der Waals surface area contributed by atoms with Gasteiger partial charge in [-0.05, 0) is 62.6 Å². The number of carbonyl (C=O) groups is 2. The Kier molecular flexibility index (Phi) is 7.88. The topological polar surface area (TPSA) is 58.6 Å². The van der Waals surface area contributed by atoms with Crippen LogP contribution >= 0.6 is 11.6 Å². The van der Waals surface area contributed by atoms with E-state index >= 15 is 0 Å². The van der Waals surface area contributed by atoms with Gasteiger partial charge in [0.25, 0.3) is 5.91 Å². The molecule has 150 valence electrons. The van der Waals surface area contributed by atoms with Crippen molar-refractivity contribution in [2.24, 2.45) is 0 Å². The Morgan fingerprint density at radius 3 is 2.46 bits per heavy atom. The van der Waals surface area contributed by atoms with Gasteiger partial charge in [0.05, 0.1) is 0 Å². The number of halogens is 1. The average Bonchev–Trinajstić information content (AvgIpc) is 2.67. The number of amides is 2. The molecule has 0 saturated heterocycles. The van der Waals surface area contributed by atoms with Gasteiger partial charge in [0, 0.05) is 18.1 Å². The molecule has 1 atom stereocenters. The first-order chi connectivity index (χ1) is 13.3. The van der Waals surface area contributed by atoms with E-state index in [0.29, 0.717) is 23.9 Å². The van der Waals surface area contributed by atoms with Gasteiger partial charge in [-0.1, -0.05) is 35.9 Å². The zero-order chi connectivity index (χ0) is 20.7. The van der Waals surface area contributed by atoms with Crippen LogP contribution in [0.3, 0.4) is 0 Å². The van der Waals surface area contributed by atoms with E-state index in [1.165, 1.54) is 4.90 Å². The molecule has 0 radical (unpaired) electrons. The van der Waals surface area contributed by atoms with Gasteiger partial charge in [-0.25, -0.2) is 0 Å². The third-order valence-corrected chi connectivity index (χ3v) is 4.73. The van der Waals surface area contributed by atoms with E-state index < -0.39 is 6.04 Å². The first-order valence-corrected chi connectivity index (χ1v) is 9.71. The molecule has 2 amide bonds. The fourth-order valence-electron chi connectivity index (χ4n) is 2.78. The number of rotatable bonds is 8. The highest BCUT2D eigenvalue weighted by Gasteiger charge is 2.26. The Morgan fingerprint density at radius 2 is 1.82 bits per heavy atom. The first-order valence-electron chi connectivity index (χ1n) is 9.33. The van der Waals surface area contributed by atoms with Crippen molar-refractivity contribution in [1.82, 2.24) is 10.2 Å². The molecule has 0 unspecified atom stereocenters. The van der Waals surface area contributed by atoms with Crippen LogP contribution in [0, 0.1) is 13.8 Å². The number of ether oxygens (including phenoxy) is 1. The lowest BCUT2D eigenvalue weighted by atomic mass is 10.1. The molecule has 28 heavy (non-hydrogen) atoms. The number of hydrogen-bond donors (Lipinski definition) is 1. The number of nitrogens with zero attached hydrogens (tertiary/aromatic N) is 1. The minimum atomic E-state index is -0.620. The van der Waals surface area contributed by atoms with Gasteiger partial charge in [0.15, 0.2) is 6.61 Å². The molecule has 0 aliphatic heterocycles. The highest BCUT2D eigenvalue weighted by atomic mass is 35.5. The van der Waals surface area contributed by atoms with E-state index in [0.717, 1.165) is 16.7 Å². The molecule has 2 rings (SSSR count). The molecule has 1 N–H and O–H groups in total. The Labute approximate surface area is 171 Å². The van der Waals surface area contributed by atoms with Crippen LogP contribution in [0.5, 0.6) is 5.75 Å². The van der Waals surface area contributed by atoms with Crippen molar-refractivity contribution in [3.05, 3.63) is 64.2 Å². The monoisotopic (exact) mass is 402 g/mol. The van der Waals surface area contributed by atoms with Crippen LogP contribution in [0.15, 0.2) is 42.5 Å². The smallest absolute Gasteiger partial charge is 0.261 e. The van der Waals surface area contributed by atoms with Crippen LogP contribution in [0.1, 0.15) is 30.5 Å². The second-order valence-corrected chi connectivity index (χ2v) is 7.21. The van der Waals surface area contributed by atoms with Gasteiger partial charge in [0.1, 0.15) is 11.8 Å². The zero-order valence-corrected chi connectivity index (χ0v) is 17.5. The summed E-state index contributed by atoms with van der Waals surface area (Å²) in [6.07, 6.45) is 0. The predicted molar refractivity (Wildman–Crippen MR) is 112 cm³/mol. The fourth-order valence-corrected chi connectivity index (χ4v) is 2.90. The van der Waals surface area contributed by atoms with E-state index in [1.54, 1.807) is 19.1 Å². The SMILES string of the molecule is CCNC(=O)[C@H](C)N(Cc1ccc(Cl)cc1)C(=O)COc1cc(C)ccc1C. The number of carbonyl (C=O) groups excluding carboxylic acids is 2. The number of likely N-dealkylation sites (N-methyl/N-ethyl adjacent to an activating group) is 1. The van der Waals surface area contributed by atoms with Gasteiger partial charge in [-0.2, -0.15) is 0 Å². The van der Waals surface area contributed by atoms with Crippen molar-refractivity contribution in [2.75, 3.05) is 13.2 Å². The fraction of sp³-hybridized carbons (Fsp3) is 0.364. The van der Waals surface area contributed by atoms with E-state index in [2.05, 4.69) is 5.32 Å². The van der Waals surface area contributed by atoms with Crippen LogP contribution in [0.2, 0.25) is 5.02 Å². The molecule has 0 aromatic heterocycles. The number of hydrogen-bond acceptors (Lipinski definition) is 3. The van der Waals surface area contributed by atoms with E-state index in [9.17, 15) is 9.59 Å². The summed E-state index contributed by atoms with van der Waals surface area (Å²) < 4.78 is 5.76. The molecule has 0 aliphatic rings. The summed E-state index contributed by atoms with van der Waals surface area (Å²) in [5.74, 6) is 0.219. The van der Waals surface area contributed by atoms with Crippen molar-refractivity contribution >= 4 is 23.4 Å². The van der Waals surface area contributed by atoms with Crippen LogP contribution in [0.4, 0.5) is 0 Å². The summed E-state index contributed by atoms with van der Waals surface area (Å²) in [5, 5.41) is 3.39. The minimum Gasteiger partial charge on any atom is -0.483 e. The second-order valence-electron chi connectivity index (χ2n) is 6.78. The lowest BCUT2D eigenvalue weighted by molar-refractivity contribution is -0.142. The lowest BCUT2D eigenvalue weighted by Crippen LogP contribution is -2.49. The summed E-state index contributed by atoms with van der Waals surface area (Å²) >= 11 is 5.95.